The molecule has 1 aliphatic heterocycles. The fraction of sp³-hybridized carbons (Fsp3) is 0.556. The van der Waals surface area contributed by atoms with E-state index in [1.54, 1.807) is 17.6 Å². The number of rotatable bonds is 7. The smallest absolute Gasteiger partial charge is 0.191 e. The van der Waals surface area contributed by atoms with E-state index in [1.807, 2.05) is 6.07 Å². The van der Waals surface area contributed by atoms with Crippen LogP contribution in [0.3, 0.4) is 0 Å². The van der Waals surface area contributed by atoms with Gasteiger partial charge in [0.05, 0.1) is 25.3 Å². The number of morpholine rings is 1. The summed E-state index contributed by atoms with van der Waals surface area (Å²) in [5, 5.41) is 12.8. The molecule has 0 aliphatic carbocycles. The van der Waals surface area contributed by atoms with Crippen LogP contribution in [0.25, 0.3) is 0 Å². The lowest BCUT2D eigenvalue weighted by molar-refractivity contribution is -0.0334. The molecule has 2 aromatic heterocycles. The molecule has 0 radical (unpaired) electrons. The van der Waals surface area contributed by atoms with E-state index in [2.05, 4.69) is 57.0 Å². The van der Waals surface area contributed by atoms with Crippen molar-refractivity contribution in [1.29, 1.82) is 0 Å². The van der Waals surface area contributed by atoms with Crippen molar-refractivity contribution in [3.05, 3.63) is 40.4 Å². The van der Waals surface area contributed by atoms with E-state index in [9.17, 15) is 0 Å². The molecule has 2 unspecified atom stereocenters. The van der Waals surface area contributed by atoms with Crippen LogP contribution in [0.5, 0.6) is 0 Å². The second-order valence-electron chi connectivity index (χ2n) is 6.27. The van der Waals surface area contributed by atoms with Crippen molar-refractivity contribution in [1.82, 2.24) is 20.7 Å². The van der Waals surface area contributed by atoms with E-state index in [0.717, 1.165) is 44.4 Å². The van der Waals surface area contributed by atoms with Gasteiger partial charge in [0.25, 0.3) is 0 Å². The predicted octanol–water partition coefficient (Wildman–Crippen LogP) is 2.87. The van der Waals surface area contributed by atoms with Crippen LogP contribution in [0.15, 0.2) is 39.4 Å². The highest BCUT2D eigenvalue weighted by Gasteiger charge is 2.26. The van der Waals surface area contributed by atoms with Crippen LogP contribution >= 0.6 is 35.3 Å². The summed E-state index contributed by atoms with van der Waals surface area (Å²) in [7, 11) is 0. The van der Waals surface area contributed by atoms with E-state index in [0.29, 0.717) is 12.6 Å². The number of nitrogens with zero attached hydrogens (tertiary/aromatic N) is 3. The molecule has 1 aliphatic rings. The highest BCUT2D eigenvalue weighted by molar-refractivity contribution is 14.0. The molecule has 0 bridgehead atoms. The number of hydrogen-bond donors (Lipinski definition) is 2. The second-order valence-corrected chi connectivity index (χ2v) is 7.25. The molecule has 0 spiro atoms. The van der Waals surface area contributed by atoms with Crippen molar-refractivity contribution in [2.75, 3.05) is 32.8 Å². The molecule has 150 valence electrons. The van der Waals surface area contributed by atoms with Crippen molar-refractivity contribution in [2.45, 2.75) is 32.5 Å². The molecule has 7 nitrogen and oxygen atoms in total. The van der Waals surface area contributed by atoms with Gasteiger partial charge in [-0.05, 0) is 25.3 Å². The highest BCUT2D eigenvalue weighted by Crippen LogP contribution is 2.26. The van der Waals surface area contributed by atoms with Crippen molar-refractivity contribution >= 4 is 41.3 Å². The Kier molecular flexibility index (Phi) is 9.52. The number of aliphatic imine (C=N–C) groups is 1. The van der Waals surface area contributed by atoms with Crippen LogP contribution in [0.1, 0.15) is 30.5 Å². The Labute approximate surface area is 181 Å². The van der Waals surface area contributed by atoms with E-state index < -0.39 is 0 Å². The zero-order valence-corrected chi connectivity index (χ0v) is 18.9. The van der Waals surface area contributed by atoms with Gasteiger partial charge in [0, 0.05) is 37.1 Å². The quantitative estimate of drug-likeness (QED) is 0.343. The van der Waals surface area contributed by atoms with Gasteiger partial charge >= 0.3 is 0 Å². The lowest BCUT2D eigenvalue weighted by Gasteiger charge is -2.37. The first-order valence-corrected chi connectivity index (χ1v) is 9.94. The van der Waals surface area contributed by atoms with Crippen LogP contribution in [-0.4, -0.2) is 54.9 Å². The Morgan fingerprint density at radius 3 is 3.00 bits per heavy atom. The Morgan fingerprint density at radius 2 is 2.33 bits per heavy atom. The molecule has 27 heavy (non-hydrogen) atoms. The Bertz CT molecular complexity index is 665. The molecule has 1 fully saturated rings. The normalized spacial score (nSPS) is 19.3. The van der Waals surface area contributed by atoms with Gasteiger partial charge in [-0.1, -0.05) is 11.2 Å². The first kappa shape index (κ1) is 22.1. The van der Waals surface area contributed by atoms with Crippen molar-refractivity contribution in [2.24, 2.45) is 4.99 Å². The van der Waals surface area contributed by atoms with Gasteiger partial charge in [-0.25, -0.2) is 4.99 Å². The topological polar surface area (TPSA) is 74.9 Å². The zero-order chi connectivity index (χ0) is 18.2. The first-order chi connectivity index (χ1) is 12.8. The zero-order valence-electron chi connectivity index (χ0n) is 15.8. The largest absolute Gasteiger partial charge is 0.376 e. The summed E-state index contributed by atoms with van der Waals surface area (Å²) in [5.74, 6) is 0.790. The Balaban J connectivity index is 0.00000261. The monoisotopic (exact) mass is 505 g/mol. The number of nitrogens with one attached hydrogen (secondary N) is 2. The van der Waals surface area contributed by atoms with Gasteiger partial charge in [-0.2, -0.15) is 0 Å². The SMILES string of the molecule is CCNC(=NCc1ccon1)NCC(c1cccs1)N1CCOC(C)C1.I. The molecule has 0 saturated carbocycles. The van der Waals surface area contributed by atoms with Gasteiger partial charge < -0.3 is 19.9 Å². The minimum atomic E-state index is 0. The number of guanidine groups is 1. The van der Waals surface area contributed by atoms with Crippen LogP contribution in [-0.2, 0) is 11.3 Å². The first-order valence-electron chi connectivity index (χ1n) is 9.06. The molecule has 2 N–H and O–H groups in total. The van der Waals surface area contributed by atoms with E-state index in [4.69, 9.17) is 9.26 Å². The molecular formula is C18H28IN5O2S. The average Bonchev–Trinajstić information content (AvgIpc) is 3.34. The van der Waals surface area contributed by atoms with E-state index >= 15 is 0 Å². The number of ether oxygens (including phenoxy) is 1. The number of aromatic nitrogens is 1. The van der Waals surface area contributed by atoms with Crippen molar-refractivity contribution in [3.8, 4) is 0 Å². The third kappa shape index (κ3) is 6.74. The summed E-state index contributed by atoms with van der Waals surface area (Å²) < 4.78 is 10.6. The van der Waals surface area contributed by atoms with Gasteiger partial charge in [-0.3, -0.25) is 4.90 Å². The second kappa shape index (κ2) is 11.6. The maximum Gasteiger partial charge on any atom is 0.191 e. The molecule has 2 aromatic rings. The summed E-state index contributed by atoms with van der Waals surface area (Å²) in [6.45, 7) is 8.95. The van der Waals surface area contributed by atoms with E-state index in [-0.39, 0.29) is 30.1 Å². The average molecular weight is 505 g/mol. The molecule has 0 amide bonds. The van der Waals surface area contributed by atoms with Crippen LogP contribution < -0.4 is 10.6 Å². The van der Waals surface area contributed by atoms with E-state index in [1.165, 1.54) is 4.88 Å². The molecular weight excluding hydrogens is 477 g/mol. The molecule has 9 heteroatoms. The summed E-state index contributed by atoms with van der Waals surface area (Å²) in [6, 6.07) is 6.45. The van der Waals surface area contributed by atoms with Crippen LogP contribution in [0.4, 0.5) is 0 Å². The predicted molar refractivity (Wildman–Crippen MR) is 119 cm³/mol. The number of hydrogen-bond acceptors (Lipinski definition) is 6. The maximum atomic E-state index is 5.71. The third-order valence-electron chi connectivity index (χ3n) is 4.28. The minimum Gasteiger partial charge on any atom is -0.376 e. The third-order valence-corrected chi connectivity index (χ3v) is 5.26. The lowest BCUT2D eigenvalue weighted by Crippen LogP contribution is -2.48. The van der Waals surface area contributed by atoms with Crippen molar-refractivity contribution in [3.63, 3.8) is 0 Å². The van der Waals surface area contributed by atoms with Gasteiger partial charge in [0.15, 0.2) is 5.96 Å². The summed E-state index contributed by atoms with van der Waals surface area (Å²) >= 11 is 1.80. The lowest BCUT2D eigenvalue weighted by atomic mass is 10.1. The fourth-order valence-electron chi connectivity index (χ4n) is 3.03. The fourth-order valence-corrected chi connectivity index (χ4v) is 3.89. The Morgan fingerprint density at radius 1 is 1.44 bits per heavy atom. The van der Waals surface area contributed by atoms with Crippen molar-refractivity contribution < 1.29 is 9.26 Å². The summed E-state index contributed by atoms with van der Waals surface area (Å²) in [4.78, 5) is 8.46. The molecule has 3 rings (SSSR count). The number of halogens is 1. The number of thiophene rings is 1. The maximum absolute atomic E-state index is 5.71. The summed E-state index contributed by atoms with van der Waals surface area (Å²) in [6.07, 6.45) is 1.83. The van der Waals surface area contributed by atoms with Gasteiger partial charge in [0.2, 0.25) is 0 Å². The molecule has 2 atom stereocenters. The minimum absolute atomic E-state index is 0. The van der Waals surface area contributed by atoms with Gasteiger partial charge in [-0.15, -0.1) is 35.3 Å². The standard InChI is InChI=1S/C18H27N5O2S.HI/c1-3-19-18(20-11-15-6-8-25-22-15)21-12-16(17-5-4-10-26-17)23-7-9-24-14(2)13-23;/h4-6,8,10,14,16H,3,7,9,11-13H2,1-2H3,(H2,19,20,21);1H. The summed E-state index contributed by atoms with van der Waals surface area (Å²) in [5.41, 5.74) is 0.819. The van der Waals surface area contributed by atoms with Crippen LogP contribution in [0.2, 0.25) is 0 Å². The molecule has 0 aromatic carbocycles. The molecule has 1 saturated heterocycles. The molecule has 3 heterocycles. The van der Waals surface area contributed by atoms with Gasteiger partial charge in [0.1, 0.15) is 12.0 Å². The van der Waals surface area contributed by atoms with Crippen LogP contribution in [0, 0.1) is 0 Å². The Hall–Kier alpha value is -1.17. The highest BCUT2D eigenvalue weighted by atomic mass is 127.